The molecule has 0 bridgehead atoms. The summed E-state index contributed by atoms with van der Waals surface area (Å²) in [5.41, 5.74) is 0.846. The number of carbonyl (C=O) groups is 1. The number of rotatable bonds is 8. The predicted molar refractivity (Wildman–Crippen MR) is 97.2 cm³/mol. The maximum atomic E-state index is 12.3. The van der Waals surface area contributed by atoms with Crippen LogP contribution in [0.1, 0.15) is 22.8 Å². The van der Waals surface area contributed by atoms with E-state index >= 15 is 0 Å². The SMILES string of the molecule is CCOc1c(OC)cc(/C=C/C(=O)c2ccc(OC(F)(F)F)cc2)cc1OC. The Morgan fingerprint density at radius 3 is 2.07 bits per heavy atom. The molecule has 0 heterocycles. The van der Waals surface area contributed by atoms with E-state index in [0.29, 0.717) is 29.4 Å². The molecule has 28 heavy (non-hydrogen) atoms. The van der Waals surface area contributed by atoms with Crippen LogP contribution >= 0.6 is 0 Å². The minimum Gasteiger partial charge on any atom is -0.493 e. The minimum atomic E-state index is -4.78. The Bertz CT molecular complexity index is 817. The van der Waals surface area contributed by atoms with Crippen LogP contribution in [0.5, 0.6) is 23.0 Å². The lowest BCUT2D eigenvalue weighted by Crippen LogP contribution is -2.17. The van der Waals surface area contributed by atoms with Crippen LogP contribution in [-0.4, -0.2) is 33.0 Å². The Hall–Kier alpha value is -3.16. The highest BCUT2D eigenvalue weighted by Gasteiger charge is 2.31. The van der Waals surface area contributed by atoms with Gasteiger partial charge in [0.1, 0.15) is 5.75 Å². The van der Waals surface area contributed by atoms with Crippen LogP contribution in [0.4, 0.5) is 13.2 Å². The maximum Gasteiger partial charge on any atom is 0.573 e. The Kier molecular flexibility index (Phi) is 6.92. The normalized spacial score (nSPS) is 11.4. The fourth-order valence-electron chi connectivity index (χ4n) is 2.37. The van der Waals surface area contributed by atoms with E-state index in [1.54, 1.807) is 18.2 Å². The second kappa shape index (κ2) is 9.16. The first-order chi connectivity index (χ1) is 13.3. The predicted octanol–water partition coefficient (Wildman–Crippen LogP) is 4.90. The summed E-state index contributed by atoms with van der Waals surface area (Å²) in [6.07, 6.45) is -1.94. The first kappa shape index (κ1) is 21.1. The molecule has 0 saturated heterocycles. The largest absolute Gasteiger partial charge is 0.573 e. The number of hydrogen-bond donors (Lipinski definition) is 0. The van der Waals surface area contributed by atoms with Gasteiger partial charge in [-0.25, -0.2) is 0 Å². The lowest BCUT2D eigenvalue weighted by atomic mass is 10.1. The summed E-state index contributed by atoms with van der Waals surface area (Å²) in [7, 11) is 2.97. The molecule has 5 nitrogen and oxygen atoms in total. The van der Waals surface area contributed by atoms with Crippen molar-refractivity contribution in [2.45, 2.75) is 13.3 Å². The van der Waals surface area contributed by atoms with Gasteiger partial charge in [0.25, 0.3) is 0 Å². The van der Waals surface area contributed by atoms with Gasteiger partial charge < -0.3 is 18.9 Å². The molecule has 2 rings (SSSR count). The van der Waals surface area contributed by atoms with E-state index in [1.807, 2.05) is 6.92 Å². The van der Waals surface area contributed by atoms with Gasteiger partial charge in [0.15, 0.2) is 17.3 Å². The highest BCUT2D eigenvalue weighted by Crippen LogP contribution is 2.38. The summed E-state index contributed by atoms with van der Waals surface area (Å²) in [6, 6.07) is 8.03. The number of ketones is 1. The first-order valence-corrected chi connectivity index (χ1v) is 8.24. The van der Waals surface area contributed by atoms with E-state index in [4.69, 9.17) is 14.2 Å². The van der Waals surface area contributed by atoms with Crippen molar-refractivity contribution in [2.75, 3.05) is 20.8 Å². The van der Waals surface area contributed by atoms with E-state index in [-0.39, 0.29) is 11.3 Å². The van der Waals surface area contributed by atoms with Crippen LogP contribution in [0, 0.1) is 0 Å². The number of alkyl halides is 3. The summed E-state index contributed by atoms with van der Waals surface area (Å²) in [4.78, 5) is 12.3. The summed E-state index contributed by atoms with van der Waals surface area (Å²) < 4.78 is 56.4. The molecule has 0 aliphatic rings. The van der Waals surface area contributed by atoms with Gasteiger partial charge in [-0.15, -0.1) is 13.2 Å². The number of hydrogen-bond acceptors (Lipinski definition) is 5. The van der Waals surface area contributed by atoms with Gasteiger partial charge >= 0.3 is 6.36 Å². The van der Waals surface area contributed by atoms with Crippen molar-refractivity contribution in [2.24, 2.45) is 0 Å². The zero-order valence-corrected chi connectivity index (χ0v) is 15.5. The van der Waals surface area contributed by atoms with E-state index in [2.05, 4.69) is 4.74 Å². The summed E-state index contributed by atoms with van der Waals surface area (Å²) in [5, 5.41) is 0. The number of allylic oxidation sites excluding steroid dienone is 1. The Balaban J connectivity index is 2.19. The third-order valence-corrected chi connectivity index (χ3v) is 3.57. The molecule has 0 aliphatic carbocycles. The summed E-state index contributed by atoms with van der Waals surface area (Å²) >= 11 is 0. The van der Waals surface area contributed by atoms with Crippen molar-refractivity contribution in [3.05, 3.63) is 53.6 Å². The number of benzene rings is 2. The van der Waals surface area contributed by atoms with Crippen LogP contribution in [0.25, 0.3) is 6.08 Å². The van der Waals surface area contributed by atoms with Crippen molar-refractivity contribution in [3.63, 3.8) is 0 Å². The molecule has 0 unspecified atom stereocenters. The minimum absolute atomic E-state index is 0.218. The standard InChI is InChI=1S/C20H19F3O5/c1-4-27-19-17(25-2)11-13(12-18(19)26-3)5-10-16(24)14-6-8-15(9-7-14)28-20(21,22)23/h5-12H,4H2,1-3H3/b10-5+. The third-order valence-electron chi connectivity index (χ3n) is 3.57. The molecule has 2 aromatic carbocycles. The van der Waals surface area contributed by atoms with Gasteiger partial charge in [0.2, 0.25) is 5.75 Å². The van der Waals surface area contributed by atoms with Crippen LogP contribution in [0.3, 0.4) is 0 Å². The molecular formula is C20H19F3O5. The Labute approximate surface area is 160 Å². The van der Waals surface area contributed by atoms with Crippen molar-refractivity contribution >= 4 is 11.9 Å². The molecule has 0 amide bonds. The lowest BCUT2D eigenvalue weighted by molar-refractivity contribution is -0.274. The van der Waals surface area contributed by atoms with Gasteiger partial charge in [-0.3, -0.25) is 4.79 Å². The fraction of sp³-hybridized carbons (Fsp3) is 0.250. The van der Waals surface area contributed by atoms with Crippen molar-refractivity contribution < 1.29 is 36.9 Å². The number of methoxy groups -OCH3 is 2. The highest BCUT2D eigenvalue weighted by atomic mass is 19.4. The molecule has 0 radical (unpaired) electrons. The number of carbonyl (C=O) groups excluding carboxylic acids is 1. The Morgan fingerprint density at radius 2 is 1.61 bits per heavy atom. The first-order valence-electron chi connectivity index (χ1n) is 8.24. The quantitative estimate of drug-likeness (QED) is 0.469. The summed E-state index contributed by atoms with van der Waals surface area (Å²) in [6.45, 7) is 2.25. The molecule has 0 saturated carbocycles. The van der Waals surface area contributed by atoms with Crippen molar-refractivity contribution in [3.8, 4) is 23.0 Å². The third kappa shape index (κ3) is 5.67. The topological polar surface area (TPSA) is 54.0 Å². The zero-order valence-electron chi connectivity index (χ0n) is 15.5. The molecule has 0 N–H and O–H groups in total. The molecule has 0 atom stereocenters. The molecule has 8 heteroatoms. The van der Waals surface area contributed by atoms with Gasteiger partial charge in [0, 0.05) is 5.56 Å². The van der Waals surface area contributed by atoms with Crippen LogP contribution in [-0.2, 0) is 0 Å². The molecule has 0 aromatic heterocycles. The van der Waals surface area contributed by atoms with E-state index in [1.165, 1.54) is 32.4 Å². The van der Waals surface area contributed by atoms with Gasteiger partial charge in [-0.1, -0.05) is 6.08 Å². The lowest BCUT2D eigenvalue weighted by Gasteiger charge is -2.14. The summed E-state index contributed by atoms with van der Waals surface area (Å²) in [5.74, 6) is 0.569. The van der Waals surface area contributed by atoms with Crippen molar-refractivity contribution in [1.82, 2.24) is 0 Å². The molecule has 0 spiro atoms. The fourth-order valence-corrected chi connectivity index (χ4v) is 2.37. The van der Waals surface area contributed by atoms with E-state index in [9.17, 15) is 18.0 Å². The van der Waals surface area contributed by atoms with Gasteiger partial charge in [-0.2, -0.15) is 0 Å². The molecule has 0 aliphatic heterocycles. The Morgan fingerprint density at radius 1 is 1.04 bits per heavy atom. The molecule has 2 aromatic rings. The van der Waals surface area contributed by atoms with Crippen LogP contribution < -0.4 is 18.9 Å². The molecular weight excluding hydrogens is 377 g/mol. The van der Waals surface area contributed by atoms with Crippen LogP contribution in [0.2, 0.25) is 0 Å². The highest BCUT2D eigenvalue weighted by molar-refractivity contribution is 6.06. The zero-order chi connectivity index (χ0) is 20.7. The molecule has 150 valence electrons. The monoisotopic (exact) mass is 396 g/mol. The molecule has 0 fully saturated rings. The van der Waals surface area contributed by atoms with E-state index in [0.717, 1.165) is 12.1 Å². The smallest absolute Gasteiger partial charge is 0.493 e. The van der Waals surface area contributed by atoms with Gasteiger partial charge in [-0.05, 0) is 55.0 Å². The average Bonchev–Trinajstić information content (AvgIpc) is 2.66. The number of halogens is 3. The average molecular weight is 396 g/mol. The second-order valence-electron chi connectivity index (χ2n) is 5.46. The van der Waals surface area contributed by atoms with Crippen molar-refractivity contribution in [1.29, 1.82) is 0 Å². The van der Waals surface area contributed by atoms with E-state index < -0.39 is 12.1 Å². The van der Waals surface area contributed by atoms with Gasteiger partial charge in [0.05, 0.1) is 20.8 Å². The maximum absolute atomic E-state index is 12.3. The number of ether oxygens (including phenoxy) is 4. The van der Waals surface area contributed by atoms with Crippen LogP contribution in [0.15, 0.2) is 42.5 Å². The second-order valence-corrected chi connectivity index (χ2v) is 5.46.